The van der Waals surface area contributed by atoms with E-state index in [1.54, 1.807) is 0 Å². The molecule has 2 N–H and O–H groups in total. The molecule has 2 aromatic carbocycles. The molecule has 0 unspecified atom stereocenters. The predicted octanol–water partition coefficient (Wildman–Crippen LogP) is 3.89. The number of nitrogens with one attached hydrogen (secondary N) is 2. The molecule has 0 aliphatic carbocycles. The first-order valence-corrected chi connectivity index (χ1v) is 7.44. The molecule has 0 aliphatic rings. The molecule has 116 valence electrons. The molecule has 0 radical (unpaired) electrons. The maximum absolute atomic E-state index is 11.7. The standard InChI is InChI=1S/C18H22N2O2/c1-14-7-9-17(10-8-14)22-12-4-11-19-18(21)20-16-6-3-5-15(2)13-16/h3,5-10,13H,4,11-12H2,1-2H3,(H2,19,20,21). The first kappa shape index (κ1) is 15.9. The SMILES string of the molecule is Cc1ccc(OCCCNC(=O)Nc2cccc(C)c2)cc1. The van der Waals surface area contributed by atoms with Crippen LogP contribution in [-0.4, -0.2) is 19.2 Å². The van der Waals surface area contributed by atoms with Crippen molar-refractivity contribution in [3.05, 3.63) is 59.7 Å². The van der Waals surface area contributed by atoms with E-state index < -0.39 is 0 Å². The molecule has 2 aromatic rings. The zero-order chi connectivity index (χ0) is 15.8. The van der Waals surface area contributed by atoms with Crippen LogP contribution < -0.4 is 15.4 Å². The lowest BCUT2D eigenvalue weighted by Gasteiger charge is -2.09. The summed E-state index contributed by atoms with van der Waals surface area (Å²) in [6, 6.07) is 15.5. The molecule has 0 aliphatic heterocycles. The number of aryl methyl sites for hydroxylation is 2. The van der Waals surface area contributed by atoms with Gasteiger partial charge in [0, 0.05) is 12.2 Å². The summed E-state index contributed by atoms with van der Waals surface area (Å²) in [5, 5.41) is 5.62. The number of hydrogen-bond donors (Lipinski definition) is 2. The van der Waals surface area contributed by atoms with Crippen molar-refractivity contribution in [1.29, 1.82) is 0 Å². The first-order chi connectivity index (χ1) is 10.6. The molecule has 0 atom stereocenters. The molecule has 0 heterocycles. The van der Waals surface area contributed by atoms with Crippen molar-refractivity contribution < 1.29 is 9.53 Å². The molecule has 0 fully saturated rings. The Kier molecular flexibility index (Phi) is 5.83. The Bertz CT molecular complexity index is 609. The van der Waals surface area contributed by atoms with E-state index in [0.29, 0.717) is 13.2 Å². The van der Waals surface area contributed by atoms with Crippen molar-refractivity contribution in [3.8, 4) is 5.75 Å². The number of ether oxygens (including phenoxy) is 1. The Morgan fingerprint density at radius 1 is 1.05 bits per heavy atom. The molecular weight excluding hydrogens is 276 g/mol. The lowest BCUT2D eigenvalue weighted by atomic mass is 10.2. The minimum Gasteiger partial charge on any atom is -0.494 e. The van der Waals surface area contributed by atoms with Crippen LogP contribution in [0.1, 0.15) is 17.5 Å². The summed E-state index contributed by atoms with van der Waals surface area (Å²) in [5.74, 6) is 0.856. The number of hydrogen-bond acceptors (Lipinski definition) is 2. The summed E-state index contributed by atoms with van der Waals surface area (Å²) in [6.45, 7) is 5.18. The van der Waals surface area contributed by atoms with Gasteiger partial charge in [-0.25, -0.2) is 4.79 Å². The average molecular weight is 298 g/mol. The first-order valence-electron chi connectivity index (χ1n) is 7.44. The monoisotopic (exact) mass is 298 g/mol. The maximum atomic E-state index is 11.7. The van der Waals surface area contributed by atoms with Crippen molar-refractivity contribution in [1.82, 2.24) is 5.32 Å². The van der Waals surface area contributed by atoms with Gasteiger partial charge >= 0.3 is 6.03 Å². The summed E-state index contributed by atoms with van der Waals surface area (Å²) in [4.78, 5) is 11.7. The van der Waals surface area contributed by atoms with Gasteiger partial charge in [-0.15, -0.1) is 0 Å². The summed E-state index contributed by atoms with van der Waals surface area (Å²) in [6.07, 6.45) is 0.759. The Morgan fingerprint density at radius 3 is 2.55 bits per heavy atom. The predicted molar refractivity (Wildman–Crippen MR) is 89.5 cm³/mol. The second kappa shape index (κ2) is 8.08. The fourth-order valence-corrected chi connectivity index (χ4v) is 2.00. The van der Waals surface area contributed by atoms with Crippen molar-refractivity contribution in [3.63, 3.8) is 0 Å². The molecule has 22 heavy (non-hydrogen) atoms. The quantitative estimate of drug-likeness (QED) is 0.795. The highest BCUT2D eigenvalue weighted by atomic mass is 16.5. The normalized spacial score (nSPS) is 10.1. The largest absolute Gasteiger partial charge is 0.494 e. The van der Waals surface area contributed by atoms with E-state index in [0.717, 1.165) is 23.4 Å². The number of rotatable bonds is 6. The molecule has 0 saturated heterocycles. The smallest absolute Gasteiger partial charge is 0.319 e. The van der Waals surface area contributed by atoms with Crippen LogP contribution in [0.4, 0.5) is 10.5 Å². The fourth-order valence-electron chi connectivity index (χ4n) is 2.00. The molecular formula is C18H22N2O2. The fraction of sp³-hybridized carbons (Fsp3) is 0.278. The molecule has 0 aromatic heterocycles. The molecule has 0 bridgehead atoms. The Balaban J connectivity index is 1.62. The van der Waals surface area contributed by atoms with Crippen LogP contribution in [0.3, 0.4) is 0 Å². The average Bonchev–Trinajstić information content (AvgIpc) is 2.49. The van der Waals surface area contributed by atoms with Crippen LogP contribution in [-0.2, 0) is 0 Å². The highest BCUT2D eigenvalue weighted by molar-refractivity contribution is 5.89. The molecule has 4 nitrogen and oxygen atoms in total. The third kappa shape index (κ3) is 5.48. The molecule has 0 saturated carbocycles. The molecule has 4 heteroatoms. The van der Waals surface area contributed by atoms with Crippen LogP contribution in [0.15, 0.2) is 48.5 Å². The van der Waals surface area contributed by atoms with E-state index in [2.05, 4.69) is 10.6 Å². The highest BCUT2D eigenvalue weighted by Gasteiger charge is 2.01. The summed E-state index contributed by atoms with van der Waals surface area (Å²) < 4.78 is 5.61. The Hall–Kier alpha value is -2.49. The van der Waals surface area contributed by atoms with E-state index in [1.807, 2.05) is 62.4 Å². The second-order valence-corrected chi connectivity index (χ2v) is 5.27. The van der Waals surface area contributed by atoms with Crippen molar-refractivity contribution in [2.45, 2.75) is 20.3 Å². The summed E-state index contributed by atoms with van der Waals surface area (Å²) in [7, 11) is 0. The van der Waals surface area contributed by atoms with Crippen molar-refractivity contribution in [2.75, 3.05) is 18.5 Å². The van der Waals surface area contributed by atoms with Crippen LogP contribution in [0.2, 0.25) is 0 Å². The minimum absolute atomic E-state index is 0.194. The summed E-state index contributed by atoms with van der Waals surface area (Å²) in [5.41, 5.74) is 3.12. The zero-order valence-electron chi connectivity index (χ0n) is 13.1. The summed E-state index contributed by atoms with van der Waals surface area (Å²) >= 11 is 0. The minimum atomic E-state index is -0.194. The van der Waals surface area contributed by atoms with Gasteiger partial charge in [0.25, 0.3) is 0 Å². The number of carbonyl (C=O) groups excluding carboxylic acids is 1. The van der Waals surface area contributed by atoms with Crippen LogP contribution in [0.25, 0.3) is 0 Å². The van der Waals surface area contributed by atoms with E-state index in [1.165, 1.54) is 5.56 Å². The van der Waals surface area contributed by atoms with Gasteiger partial charge in [0.05, 0.1) is 6.61 Å². The number of benzene rings is 2. The highest BCUT2D eigenvalue weighted by Crippen LogP contribution is 2.11. The van der Waals surface area contributed by atoms with Gasteiger partial charge < -0.3 is 15.4 Å². The van der Waals surface area contributed by atoms with Crippen molar-refractivity contribution in [2.24, 2.45) is 0 Å². The van der Waals surface area contributed by atoms with Gasteiger partial charge in [0.15, 0.2) is 0 Å². The van der Waals surface area contributed by atoms with Crippen molar-refractivity contribution >= 4 is 11.7 Å². The van der Waals surface area contributed by atoms with Gasteiger partial charge in [-0.2, -0.15) is 0 Å². The lowest BCUT2D eigenvalue weighted by molar-refractivity contribution is 0.250. The number of urea groups is 1. The second-order valence-electron chi connectivity index (χ2n) is 5.27. The molecule has 0 spiro atoms. The van der Waals surface area contributed by atoms with Gasteiger partial charge in [0.1, 0.15) is 5.75 Å². The van der Waals surface area contributed by atoms with Gasteiger partial charge in [-0.05, 0) is 50.1 Å². The molecule has 2 amide bonds. The number of amides is 2. The van der Waals surface area contributed by atoms with Crippen LogP contribution >= 0.6 is 0 Å². The lowest BCUT2D eigenvalue weighted by Crippen LogP contribution is -2.30. The Morgan fingerprint density at radius 2 is 1.82 bits per heavy atom. The van der Waals surface area contributed by atoms with Gasteiger partial charge in [-0.1, -0.05) is 29.8 Å². The topological polar surface area (TPSA) is 50.4 Å². The number of carbonyl (C=O) groups is 1. The van der Waals surface area contributed by atoms with Gasteiger partial charge in [0.2, 0.25) is 0 Å². The third-order valence-electron chi connectivity index (χ3n) is 3.17. The molecule has 2 rings (SSSR count). The van der Waals surface area contributed by atoms with E-state index in [-0.39, 0.29) is 6.03 Å². The Labute approximate surface area is 131 Å². The van der Waals surface area contributed by atoms with Crippen LogP contribution in [0, 0.1) is 13.8 Å². The number of anilines is 1. The van der Waals surface area contributed by atoms with Gasteiger partial charge in [-0.3, -0.25) is 0 Å². The van der Waals surface area contributed by atoms with Crippen LogP contribution in [0.5, 0.6) is 5.75 Å². The van der Waals surface area contributed by atoms with E-state index >= 15 is 0 Å². The van der Waals surface area contributed by atoms with E-state index in [9.17, 15) is 4.79 Å². The third-order valence-corrected chi connectivity index (χ3v) is 3.17. The maximum Gasteiger partial charge on any atom is 0.319 e. The van der Waals surface area contributed by atoms with E-state index in [4.69, 9.17) is 4.74 Å². The zero-order valence-corrected chi connectivity index (χ0v) is 13.1.